The number of benzene rings is 1. The van der Waals surface area contributed by atoms with Gasteiger partial charge in [0, 0.05) is 25.5 Å². The second-order valence-corrected chi connectivity index (χ2v) is 5.19. The number of primary amides is 1. The van der Waals surface area contributed by atoms with E-state index in [0.29, 0.717) is 24.7 Å². The highest BCUT2D eigenvalue weighted by Crippen LogP contribution is 2.20. The van der Waals surface area contributed by atoms with E-state index in [9.17, 15) is 9.59 Å². The van der Waals surface area contributed by atoms with Crippen molar-refractivity contribution in [1.29, 1.82) is 0 Å². The molecule has 1 heterocycles. The van der Waals surface area contributed by atoms with Crippen LogP contribution >= 0.6 is 0 Å². The fourth-order valence-corrected chi connectivity index (χ4v) is 2.07. The minimum atomic E-state index is -0.554. The molecule has 128 valence electrons. The van der Waals surface area contributed by atoms with Gasteiger partial charge in [-0.25, -0.2) is 0 Å². The number of ether oxygens (including phenoxy) is 1. The standard InChI is InChI=1S/C16H20N4O4/c1-3-23-12-6-4-11(5-7-12)16-18-14(24-19-16)8-9-15(22)20(2)10-13(17)21/h4-7H,3,8-10H2,1-2H3,(H2,17,21). The molecule has 0 saturated heterocycles. The number of carbonyl (C=O) groups is 2. The van der Waals surface area contributed by atoms with Crippen molar-refractivity contribution < 1.29 is 18.8 Å². The normalized spacial score (nSPS) is 10.4. The van der Waals surface area contributed by atoms with Gasteiger partial charge in [0.15, 0.2) is 0 Å². The number of nitrogens with zero attached hydrogens (tertiary/aromatic N) is 3. The molecule has 2 rings (SSSR count). The topological polar surface area (TPSA) is 112 Å². The lowest BCUT2D eigenvalue weighted by Crippen LogP contribution is -2.35. The van der Waals surface area contributed by atoms with Crippen LogP contribution in [0, 0.1) is 0 Å². The van der Waals surface area contributed by atoms with Crippen molar-refractivity contribution in [2.75, 3.05) is 20.2 Å². The second-order valence-electron chi connectivity index (χ2n) is 5.19. The minimum Gasteiger partial charge on any atom is -0.494 e. The molecule has 2 N–H and O–H groups in total. The molecule has 2 amide bonds. The van der Waals surface area contributed by atoms with Gasteiger partial charge in [-0.2, -0.15) is 4.98 Å². The largest absolute Gasteiger partial charge is 0.494 e. The van der Waals surface area contributed by atoms with Crippen LogP contribution < -0.4 is 10.5 Å². The molecule has 0 unspecified atom stereocenters. The summed E-state index contributed by atoms with van der Waals surface area (Å²) in [5.41, 5.74) is 5.85. The number of amides is 2. The van der Waals surface area contributed by atoms with E-state index in [2.05, 4.69) is 10.1 Å². The Hall–Kier alpha value is -2.90. The second kappa shape index (κ2) is 8.09. The van der Waals surface area contributed by atoms with Crippen molar-refractivity contribution >= 4 is 11.8 Å². The Morgan fingerprint density at radius 2 is 2.00 bits per heavy atom. The van der Waals surface area contributed by atoms with Crippen LogP contribution in [0.5, 0.6) is 5.75 Å². The number of likely N-dealkylation sites (N-methyl/N-ethyl adjacent to an activating group) is 1. The molecule has 2 aromatic rings. The average molecular weight is 332 g/mol. The number of hydrogen-bond acceptors (Lipinski definition) is 6. The minimum absolute atomic E-state index is 0.111. The fourth-order valence-electron chi connectivity index (χ4n) is 2.07. The summed E-state index contributed by atoms with van der Waals surface area (Å²) in [5.74, 6) is 0.815. The molecule has 1 aromatic heterocycles. The molecular formula is C16H20N4O4. The molecular weight excluding hydrogens is 312 g/mol. The quantitative estimate of drug-likeness (QED) is 0.772. The molecule has 8 nitrogen and oxygen atoms in total. The maximum atomic E-state index is 11.8. The van der Waals surface area contributed by atoms with Crippen LogP contribution in [0.4, 0.5) is 0 Å². The Morgan fingerprint density at radius 3 is 2.62 bits per heavy atom. The number of carbonyl (C=O) groups excluding carboxylic acids is 2. The summed E-state index contributed by atoms with van der Waals surface area (Å²) in [7, 11) is 1.52. The Balaban J connectivity index is 1.93. The van der Waals surface area contributed by atoms with Gasteiger partial charge in [-0.05, 0) is 31.2 Å². The van der Waals surface area contributed by atoms with Crippen molar-refractivity contribution in [3.8, 4) is 17.1 Å². The van der Waals surface area contributed by atoms with Gasteiger partial charge >= 0.3 is 0 Å². The number of nitrogens with two attached hydrogens (primary N) is 1. The van der Waals surface area contributed by atoms with Crippen LogP contribution in [0.15, 0.2) is 28.8 Å². The third-order valence-electron chi connectivity index (χ3n) is 3.26. The SMILES string of the molecule is CCOc1ccc(-c2noc(CCC(=O)N(C)CC(N)=O)n2)cc1. The lowest BCUT2D eigenvalue weighted by molar-refractivity contribution is -0.133. The first-order valence-electron chi connectivity index (χ1n) is 7.57. The van der Waals surface area contributed by atoms with Crippen molar-refractivity contribution in [2.45, 2.75) is 19.8 Å². The summed E-state index contributed by atoms with van der Waals surface area (Å²) in [6.45, 7) is 2.41. The number of aromatic nitrogens is 2. The molecule has 0 fully saturated rings. The molecule has 0 aliphatic rings. The Kier molecular flexibility index (Phi) is 5.89. The van der Waals surface area contributed by atoms with Crippen LogP contribution in [0.25, 0.3) is 11.4 Å². The molecule has 0 aliphatic heterocycles. The van der Waals surface area contributed by atoms with Crippen molar-refractivity contribution in [3.63, 3.8) is 0 Å². The monoisotopic (exact) mass is 332 g/mol. The molecule has 0 saturated carbocycles. The predicted molar refractivity (Wildman–Crippen MR) is 86.1 cm³/mol. The van der Waals surface area contributed by atoms with Crippen LogP contribution in [-0.4, -0.2) is 47.1 Å². The van der Waals surface area contributed by atoms with E-state index in [0.717, 1.165) is 11.3 Å². The van der Waals surface area contributed by atoms with Gasteiger partial charge in [0.05, 0.1) is 13.2 Å². The first-order chi connectivity index (χ1) is 11.5. The van der Waals surface area contributed by atoms with E-state index >= 15 is 0 Å². The van der Waals surface area contributed by atoms with Crippen molar-refractivity contribution in [2.24, 2.45) is 5.73 Å². The number of hydrogen-bond donors (Lipinski definition) is 1. The van der Waals surface area contributed by atoms with Crippen molar-refractivity contribution in [3.05, 3.63) is 30.2 Å². The van der Waals surface area contributed by atoms with Crippen LogP contribution in [0.2, 0.25) is 0 Å². The molecule has 0 spiro atoms. The summed E-state index contributed by atoms with van der Waals surface area (Å²) < 4.78 is 10.5. The van der Waals surface area contributed by atoms with Crippen LogP contribution in [-0.2, 0) is 16.0 Å². The van der Waals surface area contributed by atoms with Crippen LogP contribution in [0.3, 0.4) is 0 Å². The predicted octanol–water partition coefficient (Wildman–Crippen LogP) is 1.01. The fraction of sp³-hybridized carbons (Fsp3) is 0.375. The van der Waals surface area contributed by atoms with E-state index in [1.807, 2.05) is 31.2 Å². The average Bonchev–Trinajstić information content (AvgIpc) is 3.02. The van der Waals surface area contributed by atoms with Gasteiger partial charge in [-0.3, -0.25) is 9.59 Å². The highest BCUT2D eigenvalue weighted by atomic mass is 16.5. The third-order valence-corrected chi connectivity index (χ3v) is 3.26. The number of aryl methyl sites for hydroxylation is 1. The van der Waals surface area contributed by atoms with Gasteiger partial charge in [0.1, 0.15) is 5.75 Å². The highest BCUT2D eigenvalue weighted by Gasteiger charge is 2.14. The van der Waals surface area contributed by atoms with E-state index in [1.54, 1.807) is 0 Å². The molecule has 0 aliphatic carbocycles. The third kappa shape index (κ3) is 4.80. The van der Waals surface area contributed by atoms with E-state index in [1.165, 1.54) is 11.9 Å². The molecule has 0 bridgehead atoms. The summed E-state index contributed by atoms with van der Waals surface area (Å²) in [5, 5.41) is 3.91. The first kappa shape index (κ1) is 17.5. The Labute approximate surface area is 139 Å². The maximum Gasteiger partial charge on any atom is 0.237 e. The molecule has 0 radical (unpaired) electrons. The Morgan fingerprint density at radius 1 is 1.29 bits per heavy atom. The van der Waals surface area contributed by atoms with Crippen molar-refractivity contribution in [1.82, 2.24) is 15.0 Å². The van der Waals surface area contributed by atoms with E-state index in [-0.39, 0.29) is 18.9 Å². The number of rotatable bonds is 8. The molecule has 8 heteroatoms. The van der Waals surface area contributed by atoms with Gasteiger partial charge in [0.25, 0.3) is 0 Å². The van der Waals surface area contributed by atoms with E-state index < -0.39 is 5.91 Å². The molecule has 1 aromatic carbocycles. The molecule has 24 heavy (non-hydrogen) atoms. The summed E-state index contributed by atoms with van der Waals surface area (Å²) in [6.07, 6.45) is 0.459. The van der Waals surface area contributed by atoms with E-state index in [4.69, 9.17) is 15.0 Å². The Bertz CT molecular complexity index is 696. The van der Waals surface area contributed by atoms with Gasteiger partial charge in [0.2, 0.25) is 23.5 Å². The smallest absolute Gasteiger partial charge is 0.237 e. The maximum absolute atomic E-state index is 11.8. The summed E-state index contributed by atoms with van der Waals surface area (Å²) >= 11 is 0. The first-order valence-corrected chi connectivity index (χ1v) is 7.57. The zero-order chi connectivity index (χ0) is 17.5. The van der Waals surface area contributed by atoms with Gasteiger partial charge in [-0.15, -0.1) is 0 Å². The summed E-state index contributed by atoms with van der Waals surface area (Å²) in [6, 6.07) is 7.34. The van der Waals surface area contributed by atoms with Gasteiger partial charge in [-0.1, -0.05) is 5.16 Å². The highest BCUT2D eigenvalue weighted by molar-refractivity contribution is 5.83. The summed E-state index contributed by atoms with van der Waals surface area (Å²) in [4.78, 5) is 28.2. The lowest BCUT2D eigenvalue weighted by atomic mass is 10.2. The lowest BCUT2D eigenvalue weighted by Gasteiger charge is -2.13. The van der Waals surface area contributed by atoms with Crippen LogP contribution in [0.1, 0.15) is 19.2 Å². The van der Waals surface area contributed by atoms with Gasteiger partial charge < -0.3 is 19.9 Å². The molecule has 0 atom stereocenters. The zero-order valence-corrected chi connectivity index (χ0v) is 13.7. The zero-order valence-electron chi connectivity index (χ0n) is 13.7.